The van der Waals surface area contributed by atoms with Gasteiger partial charge in [0.15, 0.2) is 10.3 Å². The second-order valence-corrected chi connectivity index (χ2v) is 6.61. The molecular weight excluding hydrogens is 286 g/mol. The molecule has 0 aliphatic heterocycles. The minimum absolute atomic E-state index is 0.892. The van der Waals surface area contributed by atoms with Gasteiger partial charge in [0, 0.05) is 0 Å². The molecule has 0 saturated carbocycles. The Hall–Kier alpha value is -1.98. The number of benzene rings is 2. The smallest absolute Gasteiger partial charge is 0.190 e. The van der Waals surface area contributed by atoms with Gasteiger partial charge in [0.25, 0.3) is 0 Å². The molecule has 0 amide bonds. The summed E-state index contributed by atoms with van der Waals surface area (Å²) in [7, 11) is 0. The number of aromatic nitrogens is 2. The van der Waals surface area contributed by atoms with Gasteiger partial charge in [-0.25, -0.2) is 9.97 Å². The molecule has 5 heteroatoms. The van der Waals surface area contributed by atoms with E-state index in [2.05, 4.69) is 46.5 Å². The molecule has 20 heavy (non-hydrogen) atoms. The van der Waals surface area contributed by atoms with Crippen molar-refractivity contribution in [2.45, 2.75) is 6.92 Å². The van der Waals surface area contributed by atoms with E-state index in [0.29, 0.717) is 0 Å². The van der Waals surface area contributed by atoms with E-state index in [9.17, 15) is 0 Å². The maximum absolute atomic E-state index is 4.65. The summed E-state index contributed by atoms with van der Waals surface area (Å²) < 4.78 is 2.39. The third-order valence-electron chi connectivity index (χ3n) is 3.13. The highest BCUT2D eigenvalue weighted by atomic mass is 32.1. The first kappa shape index (κ1) is 11.8. The fourth-order valence-corrected chi connectivity index (χ4v) is 4.03. The minimum atomic E-state index is 0.892. The van der Waals surface area contributed by atoms with Gasteiger partial charge in [-0.05, 0) is 30.7 Å². The van der Waals surface area contributed by atoms with Crippen molar-refractivity contribution in [2.24, 2.45) is 0 Å². The number of nitrogens with one attached hydrogen (secondary N) is 1. The van der Waals surface area contributed by atoms with Crippen LogP contribution in [0.1, 0.15) is 5.56 Å². The van der Waals surface area contributed by atoms with Gasteiger partial charge in [-0.1, -0.05) is 46.9 Å². The first-order valence-corrected chi connectivity index (χ1v) is 7.92. The Morgan fingerprint density at radius 1 is 0.850 bits per heavy atom. The van der Waals surface area contributed by atoms with Gasteiger partial charge in [0.1, 0.15) is 0 Å². The van der Waals surface area contributed by atoms with Crippen molar-refractivity contribution in [1.82, 2.24) is 9.97 Å². The zero-order valence-electron chi connectivity index (χ0n) is 10.8. The average molecular weight is 297 g/mol. The van der Waals surface area contributed by atoms with E-state index < -0.39 is 0 Å². The van der Waals surface area contributed by atoms with Crippen LogP contribution in [0, 0.1) is 6.92 Å². The lowest BCUT2D eigenvalue weighted by atomic mass is 10.2. The van der Waals surface area contributed by atoms with Crippen LogP contribution in [0.5, 0.6) is 0 Å². The molecule has 1 N–H and O–H groups in total. The van der Waals surface area contributed by atoms with Crippen molar-refractivity contribution in [3.63, 3.8) is 0 Å². The Labute approximate surface area is 123 Å². The van der Waals surface area contributed by atoms with Gasteiger partial charge in [0.05, 0.1) is 20.4 Å². The number of aryl methyl sites for hydroxylation is 1. The van der Waals surface area contributed by atoms with Crippen LogP contribution < -0.4 is 5.32 Å². The molecule has 0 bridgehead atoms. The largest absolute Gasteiger partial charge is 0.307 e. The number of fused-ring (bicyclic) bond motifs is 2. The fourth-order valence-electron chi connectivity index (χ4n) is 2.16. The topological polar surface area (TPSA) is 37.8 Å². The molecule has 98 valence electrons. The maximum Gasteiger partial charge on any atom is 0.190 e. The highest BCUT2D eigenvalue weighted by Gasteiger charge is 2.08. The quantitative estimate of drug-likeness (QED) is 0.568. The van der Waals surface area contributed by atoms with Crippen LogP contribution in [0.4, 0.5) is 10.3 Å². The molecule has 0 aliphatic rings. The zero-order valence-corrected chi connectivity index (χ0v) is 12.4. The number of hydrogen-bond donors (Lipinski definition) is 1. The van der Waals surface area contributed by atoms with E-state index in [-0.39, 0.29) is 0 Å². The molecule has 0 fully saturated rings. The maximum atomic E-state index is 4.65. The number of anilines is 2. The van der Waals surface area contributed by atoms with Crippen molar-refractivity contribution in [3.8, 4) is 0 Å². The number of hydrogen-bond acceptors (Lipinski definition) is 5. The lowest BCUT2D eigenvalue weighted by Crippen LogP contribution is -1.87. The molecular formula is C15H11N3S2. The Morgan fingerprint density at radius 2 is 1.60 bits per heavy atom. The van der Waals surface area contributed by atoms with Crippen LogP contribution in [0.3, 0.4) is 0 Å². The van der Waals surface area contributed by atoms with Gasteiger partial charge in [-0.15, -0.1) is 0 Å². The van der Waals surface area contributed by atoms with Crippen LogP contribution in [0.15, 0.2) is 42.5 Å². The third-order valence-corrected chi connectivity index (χ3v) is 5.02. The second kappa shape index (κ2) is 4.54. The second-order valence-electron chi connectivity index (χ2n) is 4.55. The lowest BCUT2D eigenvalue weighted by molar-refractivity contribution is 1.38. The number of thiazole rings is 2. The van der Waals surface area contributed by atoms with E-state index in [1.54, 1.807) is 22.7 Å². The summed E-state index contributed by atoms with van der Waals surface area (Å²) in [5, 5.41) is 5.11. The summed E-state index contributed by atoms with van der Waals surface area (Å²) in [6.45, 7) is 2.09. The van der Waals surface area contributed by atoms with E-state index in [1.165, 1.54) is 15.0 Å². The predicted octanol–water partition coefficient (Wildman–Crippen LogP) is 4.96. The van der Waals surface area contributed by atoms with Crippen LogP contribution in [0.25, 0.3) is 20.4 Å². The molecule has 0 aliphatic carbocycles. The van der Waals surface area contributed by atoms with Crippen molar-refractivity contribution in [3.05, 3.63) is 48.0 Å². The number of rotatable bonds is 2. The normalized spacial score (nSPS) is 11.2. The minimum Gasteiger partial charge on any atom is -0.307 e. The summed E-state index contributed by atoms with van der Waals surface area (Å²) in [6, 6.07) is 14.4. The van der Waals surface area contributed by atoms with Gasteiger partial charge >= 0.3 is 0 Å². The van der Waals surface area contributed by atoms with Crippen LogP contribution in [-0.2, 0) is 0 Å². The van der Waals surface area contributed by atoms with E-state index in [0.717, 1.165) is 21.3 Å². The average Bonchev–Trinajstić information content (AvgIpc) is 3.02. The Bertz CT molecular complexity index is 875. The highest BCUT2D eigenvalue weighted by molar-refractivity contribution is 7.24. The number of nitrogens with zero attached hydrogens (tertiary/aromatic N) is 2. The monoisotopic (exact) mass is 297 g/mol. The van der Waals surface area contributed by atoms with Gasteiger partial charge in [-0.3, -0.25) is 0 Å². The Kier molecular flexibility index (Phi) is 2.68. The van der Waals surface area contributed by atoms with Crippen molar-refractivity contribution >= 4 is 53.4 Å². The van der Waals surface area contributed by atoms with Crippen molar-refractivity contribution < 1.29 is 0 Å². The molecule has 0 spiro atoms. The van der Waals surface area contributed by atoms with Crippen LogP contribution in [-0.4, -0.2) is 9.97 Å². The Balaban J connectivity index is 1.74. The molecule has 0 unspecified atom stereocenters. The molecule has 0 atom stereocenters. The van der Waals surface area contributed by atoms with Crippen molar-refractivity contribution in [2.75, 3.05) is 5.32 Å². The number of para-hydroxylation sites is 2. The first-order valence-electron chi connectivity index (χ1n) is 6.28. The van der Waals surface area contributed by atoms with Gasteiger partial charge in [-0.2, -0.15) is 0 Å². The molecule has 3 nitrogen and oxygen atoms in total. The first-order chi connectivity index (χ1) is 9.79. The van der Waals surface area contributed by atoms with E-state index in [1.807, 2.05) is 18.2 Å². The summed E-state index contributed by atoms with van der Waals surface area (Å²) in [5.41, 5.74) is 3.30. The van der Waals surface area contributed by atoms with Gasteiger partial charge < -0.3 is 5.32 Å². The van der Waals surface area contributed by atoms with Crippen LogP contribution >= 0.6 is 22.7 Å². The predicted molar refractivity (Wildman–Crippen MR) is 87.3 cm³/mol. The fraction of sp³-hybridized carbons (Fsp3) is 0.0667. The molecule has 4 aromatic rings. The summed E-state index contributed by atoms with van der Waals surface area (Å²) in [4.78, 5) is 9.23. The Morgan fingerprint density at radius 3 is 2.45 bits per heavy atom. The standard InChI is InChI=1S/C15H11N3S2/c1-9-5-4-8-12-13(9)17-15(20-12)18-14-16-10-6-2-3-7-11(10)19-14/h2-8H,1H3,(H,16,17,18). The molecule has 2 aromatic carbocycles. The molecule has 2 aromatic heterocycles. The van der Waals surface area contributed by atoms with E-state index >= 15 is 0 Å². The summed E-state index contributed by atoms with van der Waals surface area (Å²) >= 11 is 3.31. The zero-order chi connectivity index (χ0) is 13.5. The van der Waals surface area contributed by atoms with Crippen LogP contribution in [0.2, 0.25) is 0 Å². The summed E-state index contributed by atoms with van der Waals surface area (Å²) in [6.07, 6.45) is 0. The molecule has 0 radical (unpaired) electrons. The molecule has 2 heterocycles. The summed E-state index contributed by atoms with van der Waals surface area (Å²) in [5.74, 6) is 0. The van der Waals surface area contributed by atoms with E-state index in [4.69, 9.17) is 0 Å². The third kappa shape index (κ3) is 1.95. The van der Waals surface area contributed by atoms with Crippen molar-refractivity contribution in [1.29, 1.82) is 0 Å². The highest BCUT2D eigenvalue weighted by Crippen LogP contribution is 2.32. The SMILES string of the molecule is Cc1cccc2sc(Nc3nc4ccccc4s3)nc12. The lowest BCUT2D eigenvalue weighted by Gasteiger charge is -1.94. The van der Waals surface area contributed by atoms with Gasteiger partial charge in [0.2, 0.25) is 0 Å². The molecule has 4 rings (SSSR count). The molecule has 0 saturated heterocycles.